The molecule has 7 heteroatoms. The summed E-state index contributed by atoms with van der Waals surface area (Å²) in [4.78, 5) is 14.7. The van der Waals surface area contributed by atoms with Crippen LogP contribution in [0.5, 0.6) is 0 Å². The Morgan fingerprint density at radius 1 is 1.22 bits per heavy atom. The van der Waals surface area contributed by atoms with Crippen molar-refractivity contribution >= 4 is 16.0 Å². The van der Waals surface area contributed by atoms with Crippen LogP contribution in [0.4, 0.5) is 0 Å². The Morgan fingerprint density at radius 2 is 1.91 bits per heavy atom. The predicted molar refractivity (Wildman–Crippen MR) is 86.7 cm³/mol. The van der Waals surface area contributed by atoms with Crippen molar-refractivity contribution < 1.29 is 18.3 Å². The zero-order valence-electron chi connectivity index (χ0n) is 12.6. The van der Waals surface area contributed by atoms with Gasteiger partial charge >= 0.3 is 5.97 Å². The highest BCUT2D eigenvalue weighted by molar-refractivity contribution is 7.89. The molecule has 0 fully saturated rings. The summed E-state index contributed by atoms with van der Waals surface area (Å²) in [6, 6.07) is 12.3. The lowest BCUT2D eigenvalue weighted by atomic mass is 10.0. The number of benzene rings is 1. The van der Waals surface area contributed by atoms with Gasteiger partial charge in [0.05, 0.1) is 23.6 Å². The van der Waals surface area contributed by atoms with Crippen LogP contribution in [0, 0.1) is 0 Å². The molecule has 6 nitrogen and oxygen atoms in total. The smallest absolute Gasteiger partial charge is 0.337 e. The summed E-state index contributed by atoms with van der Waals surface area (Å²) in [5.74, 6) is -1.22. The molecule has 0 spiro atoms. The van der Waals surface area contributed by atoms with Gasteiger partial charge in [-0.05, 0) is 23.6 Å². The van der Waals surface area contributed by atoms with Crippen molar-refractivity contribution in [3.63, 3.8) is 0 Å². The second-order valence-corrected chi connectivity index (χ2v) is 7.11. The van der Waals surface area contributed by atoms with Gasteiger partial charge < -0.3 is 5.11 Å². The van der Waals surface area contributed by atoms with Crippen LogP contribution in [0.3, 0.4) is 0 Å². The fourth-order valence-electron chi connectivity index (χ4n) is 2.11. The minimum Gasteiger partial charge on any atom is -0.478 e. The molecule has 0 saturated carbocycles. The lowest BCUT2D eigenvalue weighted by Gasteiger charge is -2.13. The fourth-order valence-corrected chi connectivity index (χ4v) is 3.44. The first-order valence-electron chi connectivity index (χ1n) is 7.08. The molecular weight excluding hydrogens is 316 g/mol. The SMILES string of the molecule is CC(CS(=O)(=O)NCc1ccc(C(=O)O)cn1)c1ccccc1. The topological polar surface area (TPSA) is 96.4 Å². The largest absolute Gasteiger partial charge is 0.478 e. The molecule has 0 bridgehead atoms. The van der Waals surface area contributed by atoms with E-state index in [4.69, 9.17) is 5.11 Å². The van der Waals surface area contributed by atoms with Gasteiger partial charge in [-0.2, -0.15) is 0 Å². The van der Waals surface area contributed by atoms with Crippen LogP contribution in [0.1, 0.15) is 34.5 Å². The van der Waals surface area contributed by atoms with Crippen molar-refractivity contribution in [2.75, 3.05) is 5.75 Å². The number of sulfonamides is 1. The molecule has 23 heavy (non-hydrogen) atoms. The number of pyridine rings is 1. The van der Waals surface area contributed by atoms with Gasteiger partial charge in [0.15, 0.2) is 0 Å². The first-order valence-corrected chi connectivity index (χ1v) is 8.73. The Kier molecular flexibility index (Phi) is 5.46. The molecule has 2 aromatic rings. The fraction of sp³-hybridized carbons (Fsp3) is 0.250. The Balaban J connectivity index is 1.94. The number of nitrogens with zero attached hydrogens (tertiary/aromatic N) is 1. The summed E-state index contributed by atoms with van der Waals surface area (Å²) in [6.07, 6.45) is 1.21. The lowest BCUT2D eigenvalue weighted by Crippen LogP contribution is -2.28. The van der Waals surface area contributed by atoms with Gasteiger partial charge in [0.2, 0.25) is 10.0 Å². The van der Waals surface area contributed by atoms with E-state index >= 15 is 0 Å². The molecule has 1 atom stereocenters. The second-order valence-electron chi connectivity index (χ2n) is 5.26. The molecular formula is C16H18N2O4S. The minimum absolute atomic E-state index is 0.0236. The third-order valence-electron chi connectivity index (χ3n) is 3.38. The molecule has 1 unspecified atom stereocenters. The van der Waals surface area contributed by atoms with Gasteiger partial charge in [-0.3, -0.25) is 4.98 Å². The van der Waals surface area contributed by atoms with Crippen molar-refractivity contribution in [1.29, 1.82) is 0 Å². The predicted octanol–water partition coefficient (Wildman–Crippen LogP) is 2.00. The number of carboxylic acid groups (broad SMARTS) is 1. The average Bonchev–Trinajstić information content (AvgIpc) is 2.54. The first-order chi connectivity index (χ1) is 10.9. The average molecular weight is 334 g/mol. The van der Waals surface area contributed by atoms with Crippen molar-refractivity contribution in [2.45, 2.75) is 19.4 Å². The molecule has 0 saturated heterocycles. The molecule has 2 N–H and O–H groups in total. The van der Waals surface area contributed by atoms with Crippen LogP contribution in [0.2, 0.25) is 0 Å². The first kappa shape index (κ1) is 17.1. The van der Waals surface area contributed by atoms with E-state index in [-0.39, 0.29) is 23.8 Å². The Hall–Kier alpha value is -2.25. The maximum absolute atomic E-state index is 12.1. The van der Waals surface area contributed by atoms with Crippen LogP contribution in [0.15, 0.2) is 48.7 Å². The Bertz CT molecular complexity index is 758. The van der Waals surface area contributed by atoms with Crippen LogP contribution < -0.4 is 4.72 Å². The molecule has 0 aliphatic heterocycles. The molecule has 1 aromatic carbocycles. The van der Waals surface area contributed by atoms with Gasteiger partial charge in [-0.1, -0.05) is 37.3 Å². The number of hydrogen-bond donors (Lipinski definition) is 2. The lowest BCUT2D eigenvalue weighted by molar-refractivity contribution is 0.0696. The normalized spacial score (nSPS) is 12.7. The molecule has 0 aliphatic carbocycles. The van der Waals surface area contributed by atoms with E-state index in [9.17, 15) is 13.2 Å². The third-order valence-corrected chi connectivity index (χ3v) is 4.91. The van der Waals surface area contributed by atoms with Crippen molar-refractivity contribution in [2.24, 2.45) is 0 Å². The molecule has 1 aromatic heterocycles. The zero-order chi connectivity index (χ0) is 16.9. The maximum Gasteiger partial charge on any atom is 0.337 e. The van der Waals surface area contributed by atoms with Crippen molar-refractivity contribution in [3.8, 4) is 0 Å². The van der Waals surface area contributed by atoms with Crippen LogP contribution >= 0.6 is 0 Å². The van der Waals surface area contributed by atoms with Gasteiger partial charge in [0.25, 0.3) is 0 Å². The third kappa shape index (κ3) is 5.15. The van der Waals surface area contributed by atoms with Crippen LogP contribution in [-0.4, -0.2) is 30.2 Å². The summed E-state index contributed by atoms with van der Waals surface area (Å²) < 4.78 is 26.7. The van der Waals surface area contributed by atoms with Gasteiger partial charge in [-0.15, -0.1) is 0 Å². The quantitative estimate of drug-likeness (QED) is 0.807. The van der Waals surface area contributed by atoms with Gasteiger partial charge in [0, 0.05) is 6.20 Å². The number of hydrogen-bond acceptors (Lipinski definition) is 4. The van der Waals surface area contributed by atoms with E-state index in [1.807, 2.05) is 37.3 Å². The standard InChI is InChI=1S/C16H18N2O4S/c1-12(13-5-3-2-4-6-13)11-23(21,22)18-10-15-8-7-14(9-17-15)16(19)20/h2-9,12,18H,10-11H2,1H3,(H,19,20). The number of rotatable bonds is 7. The summed E-state index contributed by atoms with van der Waals surface area (Å²) in [5.41, 5.74) is 1.49. The molecule has 1 heterocycles. The Labute approximate surface area is 135 Å². The Morgan fingerprint density at radius 3 is 2.48 bits per heavy atom. The van der Waals surface area contributed by atoms with E-state index in [1.165, 1.54) is 18.3 Å². The summed E-state index contributed by atoms with van der Waals surface area (Å²) in [6.45, 7) is 1.89. The van der Waals surface area contributed by atoms with E-state index in [1.54, 1.807) is 0 Å². The number of carboxylic acids is 1. The maximum atomic E-state index is 12.1. The summed E-state index contributed by atoms with van der Waals surface area (Å²) in [5, 5.41) is 8.79. The number of nitrogens with one attached hydrogen (secondary N) is 1. The molecule has 2 rings (SSSR count). The zero-order valence-corrected chi connectivity index (χ0v) is 13.5. The highest BCUT2D eigenvalue weighted by atomic mass is 32.2. The van der Waals surface area contributed by atoms with E-state index < -0.39 is 16.0 Å². The minimum atomic E-state index is -3.46. The van der Waals surface area contributed by atoms with E-state index in [2.05, 4.69) is 9.71 Å². The van der Waals surface area contributed by atoms with Gasteiger partial charge in [-0.25, -0.2) is 17.9 Å². The van der Waals surface area contributed by atoms with Crippen molar-refractivity contribution in [1.82, 2.24) is 9.71 Å². The molecule has 0 aliphatic rings. The second kappa shape index (κ2) is 7.34. The van der Waals surface area contributed by atoms with E-state index in [0.29, 0.717) is 5.69 Å². The number of carbonyl (C=O) groups is 1. The van der Waals surface area contributed by atoms with Gasteiger partial charge in [0.1, 0.15) is 0 Å². The number of aromatic carboxylic acids is 1. The molecule has 0 radical (unpaired) electrons. The summed E-state index contributed by atoms with van der Waals surface area (Å²) in [7, 11) is -3.46. The summed E-state index contributed by atoms with van der Waals surface area (Å²) >= 11 is 0. The van der Waals surface area contributed by atoms with Crippen molar-refractivity contribution in [3.05, 3.63) is 65.5 Å². The highest BCUT2D eigenvalue weighted by Gasteiger charge is 2.17. The monoisotopic (exact) mass is 334 g/mol. The van der Waals surface area contributed by atoms with E-state index in [0.717, 1.165) is 5.56 Å². The molecule has 0 amide bonds. The molecule has 122 valence electrons. The van der Waals surface area contributed by atoms with Crippen LogP contribution in [0.25, 0.3) is 0 Å². The highest BCUT2D eigenvalue weighted by Crippen LogP contribution is 2.16. The number of aromatic nitrogens is 1. The van der Waals surface area contributed by atoms with Crippen LogP contribution in [-0.2, 0) is 16.6 Å².